The summed E-state index contributed by atoms with van der Waals surface area (Å²) < 4.78 is 0. The van der Waals surface area contributed by atoms with Gasteiger partial charge in [-0.2, -0.15) is 0 Å². The fourth-order valence-corrected chi connectivity index (χ4v) is 1.50. The van der Waals surface area contributed by atoms with Gasteiger partial charge >= 0.3 is 0 Å². The second kappa shape index (κ2) is 3.27. The largest absolute Gasteiger partial charge is 0.506 e. The van der Waals surface area contributed by atoms with Crippen LogP contribution in [0.4, 0.5) is 0 Å². The second-order valence-electron chi connectivity index (χ2n) is 2.81. The zero-order chi connectivity index (χ0) is 10.1. The zero-order valence-corrected chi connectivity index (χ0v) is 7.82. The number of hydrogen-bond acceptors (Lipinski definition) is 3. The summed E-state index contributed by atoms with van der Waals surface area (Å²) in [5.74, 6) is 0.0438. The molecule has 14 heavy (non-hydrogen) atoms. The van der Waals surface area contributed by atoms with Crippen LogP contribution in [0.15, 0.2) is 30.5 Å². The SMILES string of the molecule is O=C(Cl)c1ccnc2c(O)cccc12. The minimum Gasteiger partial charge on any atom is -0.506 e. The number of carbonyl (C=O) groups excluding carboxylic acids is 1. The predicted molar refractivity (Wildman–Crippen MR) is 53.6 cm³/mol. The van der Waals surface area contributed by atoms with Crippen LogP contribution >= 0.6 is 11.6 Å². The number of phenolic OH excluding ortho intramolecular Hbond substituents is 1. The smallest absolute Gasteiger partial charge is 0.253 e. The molecule has 0 spiro atoms. The number of aromatic nitrogens is 1. The fourth-order valence-electron chi connectivity index (χ4n) is 1.33. The van der Waals surface area contributed by atoms with E-state index in [1.165, 1.54) is 18.3 Å². The zero-order valence-electron chi connectivity index (χ0n) is 7.07. The Labute approximate surface area is 85.0 Å². The molecule has 0 atom stereocenters. The van der Waals surface area contributed by atoms with Crippen LogP contribution in [0.1, 0.15) is 10.4 Å². The molecule has 0 saturated carbocycles. The van der Waals surface area contributed by atoms with Crippen molar-refractivity contribution < 1.29 is 9.90 Å². The number of aromatic hydroxyl groups is 1. The van der Waals surface area contributed by atoms with Gasteiger partial charge in [0.25, 0.3) is 5.24 Å². The molecule has 1 aromatic carbocycles. The van der Waals surface area contributed by atoms with Crippen molar-refractivity contribution in [3.63, 3.8) is 0 Å². The minimum atomic E-state index is -0.553. The van der Waals surface area contributed by atoms with E-state index in [4.69, 9.17) is 11.6 Å². The highest BCUT2D eigenvalue weighted by Gasteiger charge is 2.09. The van der Waals surface area contributed by atoms with E-state index in [2.05, 4.69) is 4.98 Å². The monoisotopic (exact) mass is 207 g/mol. The first-order valence-corrected chi connectivity index (χ1v) is 4.34. The van der Waals surface area contributed by atoms with Crippen LogP contribution in [0.2, 0.25) is 0 Å². The van der Waals surface area contributed by atoms with Gasteiger partial charge in [-0.05, 0) is 23.7 Å². The molecule has 0 amide bonds. The highest BCUT2D eigenvalue weighted by Crippen LogP contribution is 2.25. The van der Waals surface area contributed by atoms with E-state index in [1.54, 1.807) is 12.1 Å². The van der Waals surface area contributed by atoms with Crippen molar-refractivity contribution in [2.75, 3.05) is 0 Å². The van der Waals surface area contributed by atoms with Crippen molar-refractivity contribution in [3.05, 3.63) is 36.0 Å². The molecule has 3 nitrogen and oxygen atoms in total. The molecule has 2 rings (SSSR count). The molecule has 2 aromatic rings. The number of fused-ring (bicyclic) bond motifs is 1. The van der Waals surface area contributed by atoms with Gasteiger partial charge in [0, 0.05) is 17.1 Å². The van der Waals surface area contributed by atoms with Crippen molar-refractivity contribution in [1.82, 2.24) is 4.98 Å². The van der Waals surface area contributed by atoms with E-state index >= 15 is 0 Å². The summed E-state index contributed by atoms with van der Waals surface area (Å²) in [6, 6.07) is 6.37. The normalized spacial score (nSPS) is 10.4. The third kappa shape index (κ3) is 1.32. The Morgan fingerprint density at radius 2 is 2.14 bits per heavy atom. The molecule has 0 bridgehead atoms. The average molecular weight is 208 g/mol. The number of carbonyl (C=O) groups is 1. The molecule has 0 saturated heterocycles. The van der Waals surface area contributed by atoms with Crippen LogP contribution in [-0.2, 0) is 0 Å². The van der Waals surface area contributed by atoms with E-state index in [0.29, 0.717) is 16.5 Å². The minimum absolute atomic E-state index is 0.0438. The number of nitrogens with zero attached hydrogens (tertiary/aromatic N) is 1. The van der Waals surface area contributed by atoms with Gasteiger partial charge in [-0.15, -0.1) is 0 Å². The van der Waals surface area contributed by atoms with Crippen LogP contribution < -0.4 is 0 Å². The molecular weight excluding hydrogens is 202 g/mol. The highest BCUT2D eigenvalue weighted by atomic mass is 35.5. The average Bonchev–Trinajstić information content (AvgIpc) is 2.17. The van der Waals surface area contributed by atoms with Crippen LogP contribution in [0.5, 0.6) is 5.75 Å². The summed E-state index contributed by atoms with van der Waals surface area (Å²) in [5, 5.41) is 9.47. The standard InChI is InChI=1S/C10H6ClNO2/c11-10(14)7-4-5-12-9-6(7)2-1-3-8(9)13/h1-5,13H. The Bertz CT molecular complexity index is 510. The molecule has 0 aliphatic carbocycles. The van der Waals surface area contributed by atoms with Crippen LogP contribution in [0, 0.1) is 0 Å². The van der Waals surface area contributed by atoms with E-state index in [-0.39, 0.29) is 5.75 Å². The van der Waals surface area contributed by atoms with E-state index in [9.17, 15) is 9.90 Å². The Morgan fingerprint density at radius 3 is 2.86 bits per heavy atom. The number of halogens is 1. The first-order chi connectivity index (χ1) is 6.70. The quantitative estimate of drug-likeness (QED) is 0.731. The number of phenols is 1. The molecule has 0 aliphatic rings. The maximum absolute atomic E-state index is 11.0. The number of pyridine rings is 1. The number of hydrogen-bond donors (Lipinski definition) is 1. The van der Waals surface area contributed by atoms with Crippen molar-refractivity contribution >= 4 is 27.7 Å². The van der Waals surface area contributed by atoms with Gasteiger partial charge in [-0.3, -0.25) is 9.78 Å². The van der Waals surface area contributed by atoms with Crippen molar-refractivity contribution in [2.24, 2.45) is 0 Å². The molecular formula is C10H6ClNO2. The molecule has 0 aliphatic heterocycles. The second-order valence-corrected chi connectivity index (χ2v) is 3.15. The van der Waals surface area contributed by atoms with Gasteiger partial charge in [0.05, 0.1) is 0 Å². The Morgan fingerprint density at radius 1 is 1.36 bits per heavy atom. The molecule has 1 heterocycles. The molecule has 4 heteroatoms. The Hall–Kier alpha value is -1.61. The van der Waals surface area contributed by atoms with Crippen LogP contribution in [-0.4, -0.2) is 15.3 Å². The summed E-state index contributed by atoms with van der Waals surface area (Å²) in [5.41, 5.74) is 0.742. The first kappa shape index (κ1) is 8.97. The third-order valence-electron chi connectivity index (χ3n) is 1.96. The summed E-state index contributed by atoms with van der Waals surface area (Å²) in [6.07, 6.45) is 1.44. The molecule has 1 aromatic heterocycles. The van der Waals surface area contributed by atoms with Crippen molar-refractivity contribution in [2.45, 2.75) is 0 Å². The number of rotatable bonds is 1. The number of benzene rings is 1. The topological polar surface area (TPSA) is 50.2 Å². The molecule has 0 radical (unpaired) electrons. The van der Waals surface area contributed by atoms with Gasteiger partial charge in [0.1, 0.15) is 11.3 Å². The lowest BCUT2D eigenvalue weighted by Gasteiger charge is -2.02. The molecule has 0 fully saturated rings. The summed E-state index contributed by atoms with van der Waals surface area (Å²) in [6.45, 7) is 0. The van der Waals surface area contributed by atoms with Gasteiger partial charge in [-0.25, -0.2) is 0 Å². The Kier molecular flexibility index (Phi) is 2.09. The maximum atomic E-state index is 11.0. The summed E-state index contributed by atoms with van der Waals surface area (Å²) in [7, 11) is 0. The third-order valence-corrected chi connectivity index (χ3v) is 2.17. The van der Waals surface area contributed by atoms with Crippen molar-refractivity contribution in [3.8, 4) is 5.75 Å². The highest BCUT2D eigenvalue weighted by molar-refractivity contribution is 6.68. The molecule has 0 unspecified atom stereocenters. The van der Waals surface area contributed by atoms with Gasteiger partial charge < -0.3 is 5.11 Å². The fraction of sp³-hybridized carbons (Fsp3) is 0. The van der Waals surface area contributed by atoms with Crippen LogP contribution in [0.3, 0.4) is 0 Å². The Balaban J connectivity index is 2.88. The van der Waals surface area contributed by atoms with E-state index in [0.717, 1.165) is 0 Å². The predicted octanol–water partition coefficient (Wildman–Crippen LogP) is 2.32. The van der Waals surface area contributed by atoms with Gasteiger partial charge in [0.2, 0.25) is 0 Å². The molecule has 1 N–H and O–H groups in total. The van der Waals surface area contributed by atoms with Crippen LogP contribution in [0.25, 0.3) is 10.9 Å². The lowest BCUT2D eigenvalue weighted by atomic mass is 10.1. The summed E-state index contributed by atoms with van der Waals surface area (Å²) in [4.78, 5) is 15.0. The van der Waals surface area contributed by atoms with Gasteiger partial charge in [0.15, 0.2) is 0 Å². The van der Waals surface area contributed by atoms with E-state index in [1.807, 2.05) is 0 Å². The van der Waals surface area contributed by atoms with Crippen molar-refractivity contribution in [1.29, 1.82) is 0 Å². The molecule has 70 valence electrons. The van der Waals surface area contributed by atoms with Gasteiger partial charge in [-0.1, -0.05) is 12.1 Å². The summed E-state index contributed by atoms with van der Waals surface area (Å²) >= 11 is 5.39. The number of para-hydroxylation sites is 1. The first-order valence-electron chi connectivity index (χ1n) is 3.96. The van der Waals surface area contributed by atoms with E-state index < -0.39 is 5.24 Å². The lowest BCUT2D eigenvalue weighted by Crippen LogP contribution is -1.92. The maximum Gasteiger partial charge on any atom is 0.253 e. The lowest BCUT2D eigenvalue weighted by molar-refractivity contribution is 0.108.